The van der Waals surface area contributed by atoms with E-state index in [0.717, 1.165) is 0 Å². The van der Waals surface area contributed by atoms with Crippen LogP contribution in [0.1, 0.15) is 29.0 Å². The molecule has 0 atom stereocenters. The van der Waals surface area contributed by atoms with E-state index in [4.69, 9.17) is 9.15 Å². The number of benzene rings is 1. The van der Waals surface area contributed by atoms with Gasteiger partial charge in [0.25, 0.3) is 0 Å². The van der Waals surface area contributed by atoms with Crippen LogP contribution in [0.3, 0.4) is 0 Å². The number of fused-ring (bicyclic) bond motifs is 1. The minimum atomic E-state index is -0.329. The van der Waals surface area contributed by atoms with Crippen LogP contribution in [-0.2, 0) is 4.74 Å². The van der Waals surface area contributed by atoms with Crippen LogP contribution in [0, 0.1) is 12.7 Å². The highest BCUT2D eigenvalue weighted by Gasteiger charge is 2.17. The Morgan fingerprint density at radius 3 is 2.94 bits per heavy atom. The molecule has 1 heterocycles. The molecule has 2 rings (SSSR count). The summed E-state index contributed by atoms with van der Waals surface area (Å²) in [5.41, 5.74) is 1.25. The molecular weight excluding hydrogens is 235 g/mol. The number of halogens is 1. The Kier molecular flexibility index (Phi) is 3.77. The maximum atomic E-state index is 13.1. The zero-order valence-electron chi connectivity index (χ0n) is 10.5. The lowest BCUT2D eigenvalue weighted by Crippen LogP contribution is -2.01. The SMILES string of the molecule is COCCCC(=O)c1oc2ccc(F)cc2c1C. The minimum Gasteiger partial charge on any atom is -0.453 e. The monoisotopic (exact) mass is 250 g/mol. The summed E-state index contributed by atoms with van der Waals surface area (Å²) >= 11 is 0. The van der Waals surface area contributed by atoms with Gasteiger partial charge in [-0.25, -0.2) is 4.39 Å². The van der Waals surface area contributed by atoms with Crippen molar-refractivity contribution in [2.75, 3.05) is 13.7 Å². The molecular formula is C14H15FO3. The maximum Gasteiger partial charge on any atom is 0.198 e. The molecule has 0 saturated heterocycles. The van der Waals surface area contributed by atoms with Crippen LogP contribution in [0.25, 0.3) is 11.0 Å². The van der Waals surface area contributed by atoms with Gasteiger partial charge in [-0.05, 0) is 31.5 Å². The minimum absolute atomic E-state index is 0.0684. The largest absolute Gasteiger partial charge is 0.453 e. The molecule has 0 aliphatic heterocycles. The van der Waals surface area contributed by atoms with Crippen molar-refractivity contribution in [3.8, 4) is 0 Å². The van der Waals surface area contributed by atoms with E-state index < -0.39 is 0 Å². The lowest BCUT2D eigenvalue weighted by Gasteiger charge is -1.98. The van der Waals surface area contributed by atoms with Crippen molar-refractivity contribution in [2.24, 2.45) is 0 Å². The number of carbonyl (C=O) groups excluding carboxylic acids is 1. The molecule has 3 nitrogen and oxygen atoms in total. The quantitative estimate of drug-likeness (QED) is 0.602. The zero-order chi connectivity index (χ0) is 13.1. The van der Waals surface area contributed by atoms with E-state index in [1.54, 1.807) is 20.1 Å². The summed E-state index contributed by atoms with van der Waals surface area (Å²) in [7, 11) is 1.60. The number of methoxy groups -OCH3 is 1. The third-order valence-electron chi connectivity index (χ3n) is 2.90. The Morgan fingerprint density at radius 1 is 1.44 bits per heavy atom. The predicted octanol–water partition coefficient (Wildman–Crippen LogP) is 3.49. The first-order chi connectivity index (χ1) is 8.63. The molecule has 0 aliphatic carbocycles. The molecule has 2 aromatic rings. The van der Waals surface area contributed by atoms with Crippen LogP contribution in [0.5, 0.6) is 0 Å². The number of ketones is 1. The number of Topliss-reactive ketones (excluding diaryl/α,β-unsaturated/α-hetero) is 1. The topological polar surface area (TPSA) is 39.4 Å². The van der Waals surface area contributed by atoms with Crippen molar-refractivity contribution in [1.29, 1.82) is 0 Å². The van der Waals surface area contributed by atoms with Gasteiger partial charge in [0.15, 0.2) is 11.5 Å². The average molecular weight is 250 g/mol. The molecule has 4 heteroatoms. The highest BCUT2D eigenvalue weighted by Crippen LogP contribution is 2.27. The molecule has 96 valence electrons. The Bertz CT molecular complexity index is 572. The summed E-state index contributed by atoms with van der Waals surface area (Å²) in [6.07, 6.45) is 1.02. The summed E-state index contributed by atoms with van der Waals surface area (Å²) in [5.74, 6) is -0.0716. The second kappa shape index (κ2) is 5.31. The first-order valence-electron chi connectivity index (χ1n) is 5.84. The molecule has 0 N–H and O–H groups in total. The number of hydrogen-bond donors (Lipinski definition) is 0. The highest BCUT2D eigenvalue weighted by molar-refractivity contribution is 6.00. The van der Waals surface area contributed by atoms with Gasteiger partial charge in [-0.1, -0.05) is 0 Å². The van der Waals surface area contributed by atoms with E-state index in [9.17, 15) is 9.18 Å². The van der Waals surface area contributed by atoms with Gasteiger partial charge in [0.1, 0.15) is 11.4 Å². The van der Waals surface area contributed by atoms with Gasteiger partial charge < -0.3 is 9.15 Å². The van der Waals surface area contributed by atoms with Crippen LogP contribution in [0.2, 0.25) is 0 Å². The lowest BCUT2D eigenvalue weighted by atomic mass is 10.1. The fourth-order valence-corrected chi connectivity index (χ4v) is 1.95. The summed E-state index contributed by atoms with van der Waals surface area (Å²) < 4.78 is 23.5. The summed E-state index contributed by atoms with van der Waals surface area (Å²) in [6, 6.07) is 4.26. The van der Waals surface area contributed by atoms with Crippen LogP contribution in [-0.4, -0.2) is 19.5 Å². The van der Waals surface area contributed by atoms with E-state index in [2.05, 4.69) is 0 Å². The number of ether oxygens (including phenoxy) is 1. The van der Waals surface area contributed by atoms with Gasteiger partial charge in [-0.15, -0.1) is 0 Å². The maximum absolute atomic E-state index is 13.1. The number of carbonyl (C=O) groups is 1. The molecule has 0 aliphatic rings. The first kappa shape index (κ1) is 12.8. The van der Waals surface area contributed by atoms with Gasteiger partial charge >= 0.3 is 0 Å². The molecule has 0 amide bonds. The smallest absolute Gasteiger partial charge is 0.198 e. The molecule has 0 saturated carbocycles. The zero-order valence-corrected chi connectivity index (χ0v) is 10.5. The fourth-order valence-electron chi connectivity index (χ4n) is 1.95. The molecule has 0 radical (unpaired) electrons. The van der Waals surface area contributed by atoms with E-state index in [0.29, 0.717) is 41.7 Å². The molecule has 0 spiro atoms. The van der Waals surface area contributed by atoms with Gasteiger partial charge in [-0.2, -0.15) is 0 Å². The molecule has 1 aromatic heterocycles. The van der Waals surface area contributed by atoms with Crippen molar-refractivity contribution in [1.82, 2.24) is 0 Å². The Labute approximate surface area is 105 Å². The standard InChI is InChI=1S/C14H15FO3/c1-9-11-8-10(15)5-6-13(11)18-14(9)12(16)4-3-7-17-2/h5-6,8H,3-4,7H2,1-2H3. The van der Waals surface area contributed by atoms with Crippen molar-refractivity contribution < 1.29 is 18.3 Å². The molecule has 0 fully saturated rings. The Balaban J connectivity index is 2.28. The average Bonchev–Trinajstić information content (AvgIpc) is 2.67. The normalized spacial score (nSPS) is 11.1. The van der Waals surface area contributed by atoms with Gasteiger partial charge in [0.05, 0.1) is 0 Å². The third-order valence-corrected chi connectivity index (χ3v) is 2.90. The van der Waals surface area contributed by atoms with Crippen molar-refractivity contribution in [3.05, 3.63) is 35.3 Å². The van der Waals surface area contributed by atoms with Gasteiger partial charge in [0, 0.05) is 31.1 Å². The Hall–Kier alpha value is -1.68. The number of hydrogen-bond acceptors (Lipinski definition) is 3. The van der Waals surface area contributed by atoms with E-state index in [1.807, 2.05) is 0 Å². The van der Waals surface area contributed by atoms with Crippen molar-refractivity contribution >= 4 is 16.8 Å². The number of rotatable bonds is 5. The molecule has 0 bridgehead atoms. The number of aryl methyl sites for hydroxylation is 1. The van der Waals surface area contributed by atoms with E-state index in [1.165, 1.54) is 12.1 Å². The molecule has 18 heavy (non-hydrogen) atoms. The lowest BCUT2D eigenvalue weighted by molar-refractivity contribution is 0.0938. The second-order valence-corrected chi connectivity index (χ2v) is 4.22. The predicted molar refractivity (Wildman–Crippen MR) is 66.3 cm³/mol. The van der Waals surface area contributed by atoms with Crippen LogP contribution in [0.15, 0.2) is 22.6 Å². The van der Waals surface area contributed by atoms with Crippen LogP contribution < -0.4 is 0 Å². The van der Waals surface area contributed by atoms with Crippen molar-refractivity contribution in [3.63, 3.8) is 0 Å². The summed E-state index contributed by atoms with van der Waals surface area (Å²) in [5, 5.41) is 0.657. The second-order valence-electron chi connectivity index (χ2n) is 4.22. The van der Waals surface area contributed by atoms with Gasteiger partial charge in [-0.3, -0.25) is 4.79 Å². The first-order valence-corrected chi connectivity index (χ1v) is 5.84. The van der Waals surface area contributed by atoms with Gasteiger partial charge in [0.2, 0.25) is 0 Å². The molecule has 1 aromatic carbocycles. The third kappa shape index (κ3) is 2.43. The van der Waals surface area contributed by atoms with E-state index >= 15 is 0 Å². The van der Waals surface area contributed by atoms with E-state index in [-0.39, 0.29) is 11.6 Å². The summed E-state index contributed by atoms with van der Waals surface area (Å²) in [6.45, 7) is 2.31. The summed E-state index contributed by atoms with van der Waals surface area (Å²) in [4.78, 5) is 12.0. The van der Waals surface area contributed by atoms with Crippen molar-refractivity contribution in [2.45, 2.75) is 19.8 Å². The van der Waals surface area contributed by atoms with Crippen LogP contribution >= 0.6 is 0 Å². The highest BCUT2D eigenvalue weighted by atomic mass is 19.1. The molecule has 0 unspecified atom stereocenters. The Morgan fingerprint density at radius 2 is 2.22 bits per heavy atom. The fraction of sp³-hybridized carbons (Fsp3) is 0.357. The number of furan rings is 1. The van der Waals surface area contributed by atoms with Crippen LogP contribution in [0.4, 0.5) is 4.39 Å².